The Labute approximate surface area is 386 Å². The summed E-state index contributed by atoms with van der Waals surface area (Å²) in [5.74, 6) is -1.40. The van der Waals surface area contributed by atoms with E-state index in [0.29, 0.717) is 50.0 Å². The molecule has 0 unspecified atom stereocenters. The number of piperazine rings is 1. The standard InChI is InChI=1S/C49H52N12O6/c62-41-13-12-40(46(64)55-41)61-48(66)38-11-10-36(25-39(38)49(61)67)59-26-31(27-59)47(65)58-20-18-57(19-21-58)35-14-16-56(17-15-35)34-8-6-32(7-9-34)54-44-43-45(51-28-50-44)60(29-52-43)37-23-33(24-37)53-42(63)22-30-4-2-1-3-5-30/h1-11,25,28-29,31,33,35,37,40H,12-24,26-27H2,(H,53,63)(H,50,51,54)(H,55,62,64)/t33?,37?,40-/m0/s1. The van der Waals surface area contributed by atoms with Crippen LogP contribution in [0.1, 0.15) is 70.8 Å². The number of imidazole rings is 1. The van der Waals surface area contributed by atoms with Gasteiger partial charge in [-0.15, -0.1) is 0 Å². The van der Waals surface area contributed by atoms with E-state index >= 15 is 0 Å². The maximum Gasteiger partial charge on any atom is 0.262 e. The Balaban J connectivity index is 0.616. The van der Waals surface area contributed by atoms with Gasteiger partial charge >= 0.3 is 0 Å². The molecular weight excluding hydrogens is 853 g/mol. The van der Waals surface area contributed by atoms with E-state index in [-0.39, 0.29) is 53.8 Å². The number of anilines is 4. The minimum absolute atomic E-state index is 0.0404. The molecule has 5 fully saturated rings. The number of nitrogens with one attached hydrogen (secondary N) is 3. The molecule has 0 spiro atoms. The van der Waals surface area contributed by atoms with E-state index in [2.05, 4.69) is 69.5 Å². The van der Waals surface area contributed by atoms with Crippen LogP contribution in [0, 0.1) is 5.92 Å². The van der Waals surface area contributed by atoms with E-state index < -0.39 is 29.7 Å². The Morgan fingerprint density at radius 1 is 0.731 bits per heavy atom. The van der Waals surface area contributed by atoms with Crippen LogP contribution in [-0.4, -0.2) is 140 Å². The van der Waals surface area contributed by atoms with E-state index in [1.807, 2.05) is 46.5 Å². The van der Waals surface area contributed by atoms with Gasteiger partial charge in [0.2, 0.25) is 23.6 Å². The second kappa shape index (κ2) is 17.5. The molecule has 344 valence electrons. The highest BCUT2D eigenvalue weighted by molar-refractivity contribution is 6.23. The van der Waals surface area contributed by atoms with Gasteiger partial charge in [-0.05, 0) is 80.1 Å². The number of rotatable bonds is 11. The molecule has 5 aromatic rings. The lowest BCUT2D eigenvalue weighted by Crippen LogP contribution is -2.59. The average Bonchev–Trinajstić information content (AvgIpc) is 3.85. The first-order valence-electron chi connectivity index (χ1n) is 23.4. The Bertz CT molecular complexity index is 2750. The average molecular weight is 905 g/mol. The van der Waals surface area contributed by atoms with E-state index in [1.54, 1.807) is 24.5 Å². The molecule has 7 heterocycles. The van der Waals surface area contributed by atoms with E-state index in [0.717, 1.165) is 79.3 Å². The quantitative estimate of drug-likeness (QED) is 0.164. The molecule has 6 aliphatic rings. The van der Waals surface area contributed by atoms with Crippen LogP contribution >= 0.6 is 0 Å². The van der Waals surface area contributed by atoms with Gasteiger partial charge in [0.05, 0.1) is 29.8 Å². The summed E-state index contributed by atoms with van der Waals surface area (Å²) in [6.07, 6.45) is 7.70. The summed E-state index contributed by atoms with van der Waals surface area (Å²) in [5.41, 5.74) is 5.82. The second-order valence-corrected chi connectivity index (χ2v) is 18.6. The Kier molecular flexibility index (Phi) is 11.1. The molecule has 3 N–H and O–H groups in total. The van der Waals surface area contributed by atoms with Gasteiger partial charge in [-0.2, -0.15) is 0 Å². The number of imide groups is 2. The first-order chi connectivity index (χ1) is 32.6. The van der Waals surface area contributed by atoms with Crippen molar-refractivity contribution in [1.29, 1.82) is 0 Å². The fourth-order valence-electron chi connectivity index (χ4n) is 10.7. The van der Waals surface area contributed by atoms with Crippen molar-refractivity contribution in [3.8, 4) is 0 Å². The van der Waals surface area contributed by atoms with Crippen LogP contribution in [0.5, 0.6) is 0 Å². The molecule has 5 aliphatic heterocycles. The minimum Gasteiger partial charge on any atom is -0.371 e. The summed E-state index contributed by atoms with van der Waals surface area (Å²) >= 11 is 0. The normalized spacial score (nSPS) is 22.7. The summed E-state index contributed by atoms with van der Waals surface area (Å²) in [5, 5.41) is 8.84. The van der Waals surface area contributed by atoms with Crippen LogP contribution in [0.15, 0.2) is 85.5 Å². The zero-order valence-corrected chi connectivity index (χ0v) is 37.1. The minimum atomic E-state index is -1.01. The summed E-state index contributed by atoms with van der Waals surface area (Å²) in [7, 11) is 0. The van der Waals surface area contributed by atoms with Crippen molar-refractivity contribution in [3.05, 3.63) is 102 Å². The lowest BCUT2D eigenvalue weighted by molar-refractivity contribution is -0.138. The van der Waals surface area contributed by atoms with E-state index in [4.69, 9.17) is 0 Å². The third-order valence-corrected chi connectivity index (χ3v) is 14.6. The summed E-state index contributed by atoms with van der Waals surface area (Å²) in [6.45, 7) is 6.06. The molecule has 1 aliphatic carbocycles. The molecule has 2 aromatic heterocycles. The SMILES string of the molecule is O=C1CC[C@H](N2C(=O)c3ccc(N4CC(C(=O)N5CCN(C6CCN(c7ccc(Nc8ncnc9c8ncn9C8CC(NC(=O)Cc9ccccc9)C8)cc7)CC6)CC5)C4)cc3C2=O)C(=O)N1. The number of hydrogen-bond acceptors (Lipinski definition) is 13. The van der Waals surface area contributed by atoms with Crippen molar-refractivity contribution in [2.45, 2.75) is 69.1 Å². The number of carbonyl (C=O) groups excluding carboxylic acids is 6. The zero-order valence-electron chi connectivity index (χ0n) is 37.1. The molecule has 1 atom stereocenters. The number of amides is 6. The van der Waals surface area contributed by atoms with Crippen molar-refractivity contribution < 1.29 is 28.8 Å². The molecule has 0 bridgehead atoms. The molecule has 18 heteroatoms. The van der Waals surface area contributed by atoms with Gasteiger partial charge in [0.15, 0.2) is 17.0 Å². The molecule has 67 heavy (non-hydrogen) atoms. The number of fused-ring (bicyclic) bond motifs is 2. The predicted octanol–water partition coefficient (Wildman–Crippen LogP) is 3.28. The van der Waals surface area contributed by atoms with Crippen molar-refractivity contribution in [3.63, 3.8) is 0 Å². The van der Waals surface area contributed by atoms with Crippen LogP contribution in [-0.2, 0) is 25.6 Å². The summed E-state index contributed by atoms with van der Waals surface area (Å²) in [6, 6.07) is 23.1. The topological polar surface area (TPSA) is 198 Å². The van der Waals surface area contributed by atoms with Crippen molar-refractivity contribution >= 4 is 69.5 Å². The summed E-state index contributed by atoms with van der Waals surface area (Å²) < 4.78 is 2.09. The molecule has 6 amide bonds. The van der Waals surface area contributed by atoms with Crippen LogP contribution in [0.25, 0.3) is 11.2 Å². The molecule has 3 aromatic carbocycles. The van der Waals surface area contributed by atoms with Gasteiger partial charge in [-0.3, -0.25) is 43.9 Å². The first-order valence-corrected chi connectivity index (χ1v) is 23.4. The predicted molar refractivity (Wildman–Crippen MR) is 248 cm³/mol. The lowest BCUT2D eigenvalue weighted by Gasteiger charge is -2.46. The summed E-state index contributed by atoms with van der Waals surface area (Å²) in [4.78, 5) is 100. The fourth-order valence-corrected chi connectivity index (χ4v) is 10.7. The fraction of sp³-hybridized carbons (Fsp3) is 0.408. The number of carbonyl (C=O) groups is 6. The van der Waals surface area contributed by atoms with Crippen LogP contribution in [0.3, 0.4) is 0 Å². The van der Waals surface area contributed by atoms with Crippen molar-refractivity contribution in [1.82, 2.24) is 44.9 Å². The Morgan fingerprint density at radius 2 is 1.46 bits per heavy atom. The monoisotopic (exact) mass is 904 g/mol. The van der Waals surface area contributed by atoms with Crippen molar-refractivity contribution in [2.75, 3.05) is 67.5 Å². The van der Waals surface area contributed by atoms with Gasteiger partial charge in [0.1, 0.15) is 12.4 Å². The molecule has 4 saturated heterocycles. The number of nitrogens with zero attached hydrogens (tertiary/aromatic N) is 9. The van der Waals surface area contributed by atoms with Gasteiger partial charge in [-0.25, -0.2) is 15.0 Å². The Hall–Kier alpha value is -7.21. The largest absolute Gasteiger partial charge is 0.371 e. The van der Waals surface area contributed by atoms with Crippen molar-refractivity contribution in [2.24, 2.45) is 5.92 Å². The van der Waals surface area contributed by atoms with Gasteiger partial charge in [0.25, 0.3) is 11.8 Å². The van der Waals surface area contributed by atoms with Gasteiger partial charge < -0.3 is 29.9 Å². The number of piperidine rings is 2. The third-order valence-electron chi connectivity index (χ3n) is 14.6. The smallest absolute Gasteiger partial charge is 0.262 e. The number of hydrogen-bond donors (Lipinski definition) is 3. The molecule has 18 nitrogen and oxygen atoms in total. The maximum absolute atomic E-state index is 13.6. The molecule has 0 radical (unpaired) electrons. The van der Waals surface area contributed by atoms with Crippen LogP contribution in [0.2, 0.25) is 0 Å². The van der Waals surface area contributed by atoms with Crippen LogP contribution in [0.4, 0.5) is 22.9 Å². The molecule has 11 rings (SSSR count). The van der Waals surface area contributed by atoms with Gasteiger partial charge in [-0.1, -0.05) is 30.3 Å². The highest BCUT2D eigenvalue weighted by atomic mass is 16.2. The number of aromatic nitrogens is 4. The van der Waals surface area contributed by atoms with Crippen LogP contribution < -0.4 is 25.8 Å². The van der Waals surface area contributed by atoms with E-state index in [1.165, 1.54) is 5.69 Å². The molecular formula is C49H52N12O6. The second-order valence-electron chi connectivity index (χ2n) is 18.6. The maximum atomic E-state index is 13.6. The highest BCUT2D eigenvalue weighted by Crippen LogP contribution is 2.37. The van der Waals surface area contributed by atoms with E-state index in [9.17, 15) is 28.8 Å². The third kappa shape index (κ3) is 8.23. The zero-order chi connectivity index (χ0) is 45.8. The number of benzene rings is 3. The molecule has 1 saturated carbocycles. The van der Waals surface area contributed by atoms with Gasteiger partial charge in [0, 0.05) is 94.0 Å². The first kappa shape index (κ1) is 42.4. The lowest BCUT2D eigenvalue weighted by atomic mass is 9.86. The highest BCUT2D eigenvalue weighted by Gasteiger charge is 2.46. The Morgan fingerprint density at radius 3 is 2.21 bits per heavy atom.